The summed E-state index contributed by atoms with van der Waals surface area (Å²) in [6.07, 6.45) is 5.41. The number of ketones is 1. The summed E-state index contributed by atoms with van der Waals surface area (Å²) in [5.74, 6) is 0.259. The van der Waals surface area contributed by atoms with Crippen molar-refractivity contribution < 1.29 is 4.79 Å². The van der Waals surface area contributed by atoms with Crippen molar-refractivity contribution in [3.8, 4) is 0 Å². The third kappa shape index (κ3) is 3.44. The summed E-state index contributed by atoms with van der Waals surface area (Å²) in [6.45, 7) is 0. The van der Waals surface area contributed by atoms with Crippen LogP contribution < -0.4 is 0 Å². The molecule has 0 unspecified atom stereocenters. The molecule has 1 fully saturated rings. The maximum atomic E-state index is 11.5. The van der Waals surface area contributed by atoms with Crippen LogP contribution in [0.4, 0.5) is 0 Å². The molecule has 1 aliphatic carbocycles. The molecule has 2 heteroatoms. The van der Waals surface area contributed by atoms with Crippen molar-refractivity contribution in [2.45, 2.75) is 38.5 Å². The maximum absolute atomic E-state index is 11.5. The van der Waals surface area contributed by atoms with Gasteiger partial charge in [-0.05, 0) is 37.7 Å². The summed E-state index contributed by atoms with van der Waals surface area (Å²) >= 11 is 6.21. The molecule has 1 aromatic rings. The number of Topliss-reactive ketones (excluding diaryl/α,β-unsaturated/α-hetero) is 1. The Morgan fingerprint density at radius 1 is 1.18 bits per heavy atom. The van der Waals surface area contributed by atoms with Crippen molar-refractivity contribution in [2.75, 3.05) is 0 Å². The van der Waals surface area contributed by atoms with Gasteiger partial charge in [-0.25, -0.2) is 0 Å². The zero-order chi connectivity index (χ0) is 12.1. The predicted octanol–water partition coefficient (Wildman–Crippen LogP) is 4.26. The Kier molecular flexibility index (Phi) is 4.38. The largest absolute Gasteiger partial charge is 0.295 e. The number of halogens is 1. The molecular weight excluding hydrogens is 232 g/mol. The fourth-order valence-corrected chi connectivity index (χ4v) is 2.58. The third-order valence-corrected chi connectivity index (χ3v) is 3.62. The molecule has 90 valence electrons. The third-order valence-electron chi connectivity index (χ3n) is 3.20. The molecule has 0 amide bonds. The molecule has 1 aliphatic rings. The van der Waals surface area contributed by atoms with E-state index in [4.69, 9.17) is 11.6 Å². The summed E-state index contributed by atoms with van der Waals surface area (Å²) in [4.78, 5) is 11.5. The predicted molar refractivity (Wildman–Crippen MR) is 71.1 cm³/mol. The van der Waals surface area contributed by atoms with Crippen LogP contribution in [0.5, 0.6) is 0 Å². The monoisotopic (exact) mass is 248 g/mol. The first kappa shape index (κ1) is 12.4. The Morgan fingerprint density at radius 2 is 1.94 bits per heavy atom. The molecule has 0 radical (unpaired) electrons. The molecule has 0 heterocycles. The molecule has 0 saturated heterocycles. The molecule has 0 bridgehead atoms. The molecule has 0 spiro atoms. The Morgan fingerprint density at radius 3 is 2.59 bits per heavy atom. The van der Waals surface area contributed by atoms with Crippen molar-refractivity contribution in [3.05, 3.63) is 46.5 Å². The van der Waals surface area contributed by atoms with Gasteiger partial charge in [0.1, 0.15) is 0 Å². The van der Waals surface area contributed by atoms with E-state index in [9.17, 15) is 4.79 Å². The first-order valence-corrected chi connectivity index (χ1v) is 6.60. The quantitative estimate of drug-likeness (QED) is 0.728. The summed E-state index contributed by atoms with van der Waals surface area (Å²) in [5.41, 5.74) is 2.22. The van der Waals surface area contributed by atoms with Crippen LogP contribution in [0.2, 0.25) is 0 Å². The molecule has 1 aromatic carbocycles. The van der Waals surface area contributed by atoms with E-state index in [-0.39, 0.29) is 5.78 Å². The van der Waals surface area contributed by atoms with E-state index < -0.39 is 0 Å². The van der Waals surface area contributed by atoms with Gasteiger partial charge in [0.05, 0.1) is 0 Å². The highest BCUT2D eigenvalue weighted by Gasteiger charge is 2.19. The molecule has 1 nitrogen and oxygen atoms in total. The summed E-state index contributed by atoms with van der Waals surface area (Å²) in [5, 5.41) is 0.795. The van der Waals surface area contributed by atoms with Gasteiger partial charge in [0.25, 0.3) is 0 Å². The van der Waals surface area contributed by atoms with Crippen molar-refractivity contribution in [2.24, 2.45) is 0 Å². The van der Waals surface area contributed by atoms with Crippen LogP contribution >= 0.6 is 11.6 Å². The van der Waals surface area contributed by atoms with Crippen molar-refractivity contribution in [1.29, 1.82) is 0 Å². The van der Waals surface area contributed by atoms with Gasteiger partial charge in [-0.1, -0.05) is 41.9 Å². The Balaban J connectivity index is 1.85. The number of carbonyl (C=O) groups excluding carboxylic acids is 1. The van der Waals surface area contributed by atoms with Crippen molar-refractivity contribution in [1.82, 2.24) is 0 Å². The first-order chi connectivity index (χ1) is 8.27. The van der Waals surface area contributed by atoms with E-state index in [2.05, 4.69) is 24.3 Å². The van der Waals surface area contributed by atoms with Gasteiger partial charge in [-0.15, -0.1) is 0 Å². The Labute approximate surface area is 107 Å². The van der Waals surface area contributed by atoms with Gasteiger partial charge in [-0.2, -0.15) is 0 Å². The number of rotatable bonds is 4. The van der Waals surface area contributed by atoms with E-state index >= 15 is 0 Å². The molecule has 2 rings (SSSR count). The van der Waals surface area contributed by atoms with Crippen LogP contribution in [0.25, 0.3) is 0 Å². The number of allylic oxidation sites excluding steroid dienone is 2. The van der Waals surface area contributed by atoms with E-state index in [1.165, 1.54) is 5.56 Å². The average Bonchev–Trinajstić information content (AvgIpc) is 2.77. The van der Waals surface area contributed by atoms with Crippen LogP contribution in [0.3, 0.4) is 0 Å². The minimum Gasteiger partial charge on any atom is -0.295 e. The van der Waals surface area contributed by atoms with Gasteiger partial charge in [0.15, 0.2) is 5.78 Å². The summed E-state index contributed by atoms with van der Waals surface area (Å²) < 4.78 is 0. The molecule has 17 heavy (non-hydrogen) atoms. The van der Waals surface area contributed by atoms with Crippen LogP contribution in [0.15, 0.2) is 40.9 Å². The highest BCUT2D eigenvalue weighted by Crippen LogP contribution is 2.28. The second kappa shape index (κ2) is 6.02. The highest BCUT2D eigenvalue weighted by molar-refractivity contribution is 6.32. The zero-order valence-electron chi connectivity index (χ0n) is 9.92. The SMILES string of the molecule is O=C1CCC/C1=C(/Cl)CCCc1ccccc1. The number of hydrogen-bond donors (Lipinski definition) is 0. The lowest BCUT2D eigenvalue weighted by Crippen LogP contribution is -1.95. The highest BCUT2D eigenvalue weighted by atomic mass is 35.5. The smallest absolute Gasteiger partial charge is 0.160 e. The zero-order valence-corrected chi connectivity index (χ0v) is 10.7. The fourth-order valence-electron chi connectivity index (χ4n) is 2.25. The van der Waals surface area contributed by atoms with E-state index in [1.807, 2.05) is 6.07 Å². The van der Waals surface area contributed by atoms with E-state index in [0.717, 1.165) is 42.7 Å². The Hall–Kier alpha value is -1.08. The maximum Gasteiger partial charge on any atom is 0.160 e. The Bertz CT molecular complexity index is 420. The van der Waals surface area contributed by atoms with Crippen molar-refractivity contribution in [3.63, 3.8) is 0 Å². The molecular formula is C15H17ClO. The minimum absolute atomic E-state index is 0.259. The molecule has 0 aromatic heterocycles. The van der Waals surface area contributed by atoms with Gasteiger partial charge in [0, 0.05) is 17.0 Å². The van der Waals surface area contributed by atoms with Gasteiger partial charge < -0.3 is 0 Å². The van der Waals surface area contributed by atoms with Crippen molar-refractivity contribution >= 4 is 17.4 Å². The first-order valence-electron chi connectivity index (χ1n) is 6.22. The van der Waals surface area contributed by atoms with E-state index in [1.54, 1.807) is 0 Å². The molecule has 1 saturated carbocycles. The number of carbonyl (C=O) groups is 1. The van der Waals surface area contributed by atoms with Gasteiger partial charge in [-0.3, -0.25) is 4.79 Å². The summed E-state index contributed by atoms with van der Waals surface area (Å²) in [7, 11) is 0. The van der Waals surface area contributed by atoms with Crippen LogP contribution in [0.1, 0.15) is 37.7 Å². The summed E-state index contributed by atoms with van der Waals surface area (Å²) in [6, 6.07) is 10.4. The lowest BCUT2D eigenvalue weighted by Gasteiger charge is -2.03. The fraction of sp³-hybridized carbons (Fsp3) is 0.400. The lowest BCUT2D eigenvalue weighted by molar-refractivity contribution is -0.114. The molecule has 0 atom stereocenters. The molecule has 0 N–H and O–H groups in total. The second-order valence-electron chi connectivity index (χ2n) is 4.50. The van der Waals surface area contributed by atoms with Crippen LogP contribution in [-0.4, -0.2) is 5.78 Å². The van der Waals surface area contributed by atoms with E-state index in [0.29, 0.717) is 6.42 Å². The standard InChI is InChI=1S/C15H17ClO/c16-14(13-9-5-11-15(13)17)10-4-8-12-6-2-1-3-7-12/h1-3,6-7H,4-5,8-11H2/b14-13-. The second-order valence-corrected chi connectivity index (χ2v) is 4.96. The van der Waals surface area contributed by atoms with Crippen LogP contribution in [0, 0.1) is 0 Å². The minimum atomic E-state index is 0.259. The van der Waals surface area contributed by atoms with Gasteiger partial charge >= 0.3 is 0 Å². The van der Waals surface area contributed by atoms with Gasteiger partial charge in [0.2, 0.25) is 0 Å². The average molecular weight is 249 g/mol. The number of hydrogen-bond acceptors (Lipinski definition) is 1. The number of aryl methyl sites for hydroxylation is 1. The number of benzene rings is 1. The normalized spacial score (nSPS) is 18.5. The molecule has 0 aliphatic heterocycles. The lowest BCUT2D eigenvalue weighted by atomic mass is 10.1. The topological polar surface area (TPSA) is 17.1 Å². The van der Waals surface area contributed by atoms with Crippen LogP contribution in [-0.2, 0) is 11.2 Å².